The third-order valence-corrected chi connectivity index (χ3v) is 5.34. The first-order valence-electron chi connectivity index (χ1n) is 9.85. The lowest BCUT2D eigenvalue weighted by atomic mass is 10.0. The Hall–Kier alpha value is -2.29. The first kappa shape index (κ1) is 20.4. The van der Waals surface area contributed by atoms with E-state index in [1.165, 1.54) is 0 Å². The number of hydrogen-bond acceptors (Lipinski definition) is 6. The summed E-state index contributed by atoms with van der Waals surface area (Å²) in [6.45, 7) is 4.59. The Morgan fingerprint density at radius 2 is 2.11 bits per heavy atom. The SMILES string of the molecule is CN(CCCN)CCNCc1ccc2c(c1)C(=O)N(C1CCC(=O)NC1=O)C2. The van der Waals surface area contributed by atoms with Crippen LogP contribution in [0.1, 0.15) is 40.7 Å². The minimum absolute atomic E-state index is 0.132. The third kappa shape index (κ3) is 4.76. The zero-order valence-corrected chi connectivity index (χ0v) is 16.4. The van der Waals surface area contributed by atoms with E-state index in [0.29, 0.717) is 31.6 Å². The van der Waals surface area contributed by atoms with Gasteiger partial charge in [0.2, 0.25) is 11.8 Å². The Morgan fingerprint density at radius 1 is 1.29 bits per heavy atom. The van der Waals surface area contributed by atoms with Crippen molar-refractivity contribution in [1.29, 1.82) is 0 Å². The van der Waals surface area contributed by atoms with Crippen molar-refractivity contribution in [2.45, 2.75) is 38.4 Å². The van der Waals surface area contributed by atoms with E-state index >= 15 is 0 Å². The Bertz CT molecular complexity index is 751. The first-order valence-corrected chi connectivity index (χ1v) is 9.85. The van der Waals surface area contributed by atoms with Crippen molar-refractivity contribution in [3.05, 3.63) is 34.9 Å². The number of likely N-dealkylation sites (N-methyl/N-ethyl adjacent to an activating group) is 1. The number of nitrogens with two attached hydrogens (primary N) is 1. The standard InChI is InChI=1S/C20H29N5O3/c1-24(9-2-7-21)10-8-22-12-14-3-4-15-13-25(20(28)16(15)11-14)17-5-6-18(26)23-19(17)27/h3-4,11,17,22H,2,5-10,12-13,21H2,1H3,(H,23,26,27). The van der Waals surface area contributed by atoms with Crippen LogP contribution in [0.15, 0.2) is 18.2 Å². The number of piperidine rings is 1. The summed E-state index contributed by atoms with van der Waals surface area (Å²) in [6.07, 6.45) is 1.65. The molecule has 2 aliphatic rings. The Morgan fingerprint density at radius 3 is 2.86 bits per heavy atom. The van der Waals surface area contributed by atoms with Crippen molar-refractivity contribution in [3.63, 3.8) is 0 Å². The molecular formula is C20H29N5O3. The van der Waals surface area contributed by atoms with Crippen molar-refractivity contribution in [2.75, 3.05) is 33.2 Å². The molecule has 8 heteroatoms. The predicted molar refractivity (Wildman–Crippen MR) is 105 cm³/mol. The first-order chi connectivity index (χ1) is 13.5. The van der Waals surface area contributed by atoms with Crippen LogP contribution in [0, 0.1) is 0 Å². The number of benzene rings is 1. The van der Waals surface area contributed by atoms with Crippen LogP contribution in [0.2, 0.25) is 0 Å². The molecule has 3 rings (SSSR count). The second kappa shape index (κ2) is 9.27. The molecule has 0 aromatic heterocycles. The summed E-state index contributed by atoms with van der Waals surface area (Å²) in [4.78, 5) is 40.1. The molecule has 1 fully saturated rings. The normalized spacial score (nSPS) is 19.3. The monoisotopic (exact) mass is 387 g/mol. The van der Waals surface area contributed by atoms with E-state index in [-0.39, 0.29) is 24.1 Å². The fourth-order valence-corrected chi connectivity index (χ4v) is 3.69. The van der Waals surface area contributed by atoms with Gasteiger partial charge in [0, 0.05) is 38.2 Å². The Kier molecular flexibility index (Phi) is 6.77. The number of nitrogens with zero attached hydrogens (tertiary/aromatic N) is 2. The van der Waals surface area contributed by atoms with E-state index in [2.05, 4.69) is 22.6 Å². The van der Waals surface area contributed by atoms with Crippen LogP contribution in [-0.4, -0.2) is 66.8 Å². The van der Waals surface area contributed by atoms with E-state index in [1.807, 2.05) is 18.2 Å². The molecule has 3 amide bonds. The molecular weight excluding hydrogens is 358 g/mol. The van der Waals surface area contributed by atoms with Crippen molar-refractivity contribution in [2.24, 2.45) is 5.73 Å². The summed E-state index contributed by atoms with van der Waals surface area (Å²) in [5.41, 5.74) is 8.15. The highest BCUT2D eigenvalue weighted by Gasteiger charge is 2.38. The highest BCUT2D eigenvalue weighted by atomic mass is 16.2. The van der Waals surface area contributed by atoms with Gasteiger partial charge in [-0.3, -0.25) is 19.7 Å². The summed E-state index contributed by atoms with van der Waals surface area (Å²) in [5, 5.41) is 5.73. The van der Waals surface area contributed by atoms with Gasteiger partial charge < -0.3 is 20.9 Å². The number of carbonyl (C=O) groups is 3. The van der Waals surface area contributed by atoms with Gasteiger partial charge in [-0.25, -0.2) is 0 Å². The summed E-state index contributed by atoms with van der Waals surface area (Å²) < 4.78 is 0. The zero-order valence-electron chi connectivity index (χ0n) is 16.4. The summed E-state index contributed by atoms with van der Waals surface area (Å²) in [7, 11) is 2.08. The van der Waals surface area contributed by atoms with E-state index in [0.717, 1.165) is 37.2 Å². The average molecular weight is 387 g/mol. The van der Waals surface area contributed by atoms with Gasteiger partial charge in [0.05, 0.1) is 0 Å². The summed E-state index contributed by atoms with van der Waals surface area (Å²) in [6, 6.07) is 5.33. The van der Waals surface area contributed by atoms with E-state index in [9.17, 15) is 14.4 Å². The van der Waals surface area contributed by atoms with Crippen LogP contribution in [0.25, 0.3) is 0 Å². The molecule has 152 valence electrons. The largest absolute Gasteiger partial charge is 0.330 e. The average Bonchev–Trinajstić information content (AvgIpc) is 2.99. The molecule has 4 N–H and O–H groups in total. The van der Waals surface area contributed by atoms with Gasteiger partial charge in [-0.2, -0.15) is 0 Å². The van der Waals surface area contributed by atoms with Crippen LogP contribution in [-0.2, 0) is 22.7 Å². The smallest absolute Gasteiger partial charge is 0.255 e. The topological polar surface area (TPSA) is 108 Å². The van der Waals surface area contributed by atoms with Crippen LogP contribution in [0.5, 0.6) is 0 Å². The maximum Gasteiger partial charge on any atom is 0.255 e. The number of carbonyl (C=O) groups excluding carboxylic acids is 3. The lowest BCUT2D eigenvalue weighted by molar-refractivity contribution is -0.136. The van der Waals surface area contributed by atoms with Gasteiger partial charge in [0.15, 0.2) is 0 Å². The minimum Gasteiger partial charge on any atom is -0.330 e. The molecule has 28 heavy (non-hydrogen) atoms. The highest BCUT2D eigenvalue weighted by Crippen LogP contribution is 2.28. The number of imide groups is 1. The van der Waals surface area contributed by atoms with Crippen LogP contribution < -0.4 is 16.4 Å². The molecule has 1 atom stereocenters. The van der Waals surface area contributed by atoms with Gasteiger partial charge in [0.1, 0.15) is 6.04 Å². The molecule has 0 bridgehead atoms. The van der Waals surface area contributed by atoms with Gasteiger partial charge in [-0.15, -0.1) is 0 Å². The van der Waals surface area contributed by atoms with Gasteiger partial charge in [-0.1, -0.05) is 12.1 Å². The molecule has 0 saturated carbocycles. The molecule has 8 nitrogen and oxygen atoms in total. The molecule has 0 spiro atoms. The lowest BCUT2D eigenvalue weighted by Gasteiger charge is -2.29. The van der Waals surface area contributed by atoms with Crippen LogP contribution in [0.4, 0.5) is 0 Å². The fraction of sp³-hybridized carbons (Fsp3) is 0.550. The third-order valence-electron chi connectivity index (χ3n) is 5.34. The fourth-order valence-electron chi connectivity index (χ4n) is 3.69. The quantitative estimate of drug-likeness (QED) is 0.401. The molecule has 1 aromatic rings. The van der Waals surface area contributed by atoms with E-state index < -0.39 is 6.04 Å². The molecule has 2 heterocycles. The molecule has 0 aliphatic carbocycles. The van der Waals surface area contributed by atoms with E-state index in [4.69, 9.17) is 5.73 Å². The second-order valence-corrected chi connectivity index (χ2v) is 7.51. The minimum atomic E-state index is -0.566. The lowest BCUT2D eigenvalue weighted by Crippen LogP contribution is -2.52. The predicted octanol–water partition coefficient (Wildman–Crippen LogP) is -0.182. The van der Waals surface area contributed by atoms with Crippen molar-refractivity contribution in [1.82, 2.24) is 20.4 Å². The summed E-state index contributed by atoms with van der Waals surface area (Å²) in [5.74, 6) is -0.779. The molecule has 1 aromatic carbocycles. The number of fused-ring (bicyclic) bond motifs is 1. The van der Waals surface area contributed by atoms with Crippen molar-refractivity contribution in [3.8, 4) is 0 Å². The Balaban J connectivity index is 1.54. The molecule has 2 aliphatic heterocycles. The highest BCUT2D eigenvalue weighted by molar-refractivity contribution is 6.05. The van der Waals surface area contributed by atoms with Crippen LogP contribution >= 0.6 is 0 Å². The van der Waals surface area contributed by atoms with Crippen molar-refractivity contribution >= 4 is 17.7 Å². The van der Waals surface area contributed by atoms with E-state index in [1.54, 1.807) is 4.90 Å². The number of rotatable bonds is 9. The Labute approximate surface area is 165 Å². The van der Waals surface area contributed by atoms with Gasteiger partial charge in [0.25, 0.3) is 5.91 Å². The maximum absolute atomic E-state index is 12.8. The maximum atomic E-state index is 12.8. The zero-order chi connectivity index (χ0) is 20.1. The second-order valence-electron chi connectivity index (χ2n) is 7.51. The number of nitrogens with one attached hydrogen (secondary N) is 2. The number of hydrogen-bond donors (Lipinski definition) is 3. The molecule has 1 saturated heterocycles. The molecule has 0 radical (unpaired) electrons. The van der Waals surface area contributed by atoms with Crippen LogP contribution in [0.3, 0.4) is 0 Å². The number of amides is 3. The molecule has 1 unspecified atom stereocenters. The van der Waals surface area contributed by atoms with Gasteiger partial charge >= 0.3 is 0 Å². The summed E-state index contributed by atoms with van der Waals surface area (Å²) >= 11 is 0. The van der Waals surface area contributed by atoms with Gasteiger partial charge in [-0.05, 0) is 50.2 Å². The van der Waals surface area contributed by atoms with Crippen molar-refractivity contribution < 1.29 is 14.4 Å².